The van der Waals surface area contributed by atoms with Gasteiger partial charge >= 0.3 is 6.09 Å². The Hall–Kier alpha value is -4.96. The Labute approximate surface area is 287 Å². The third kappa shape index (κ3) is 6.33. The molecular weight excluding hydrogens is 614 g/mol. The smallest absolute Gasteiger partial charge is 0.409 e. The molecule has 2 amide bonds. The first-order valence-electron chi connectivity index (χ1n) is 17.3. The number of nitrogens with one attached hydrogen (secondary N) is 2. The van der Waals surface area contributed by atoms with Crippen LogP contribution in [0.5, 0.6) is 0 Å². The van der Waals surface area contributed by atoms with Crippen molar-refractivity contribution in [2.75, 3.05) is 34.3 Å². The summed E-state index contributed by atoms with van der Waals surface area (Å²) < 4.78 is 4.91. The summed E-state index contributed by atoms with van der Waals surface area (Å²) in [7, 11) is 5.12. The van der Waals surface area contributed by atoms with Crippen molar-refractivity contribution in [1.29, 1.82) is 0 Å². The number of carbonyl (C=O) groups excluding carboxylic acids is 2. The molecule has 0 bridgehead atoms. The Balaban J connectivity index is 1.06. The van der Waals surface area contributed by atoms with Gasteiger partial charge in [0.25, 0.3) is 0 Å². The van der Waals surface area contributed by atoms with E-state index in [4.69, 9.17) is 14.7 Å². The summed E-state index contributed by atoms with van der Waals surface area (Å²) in [6.07, 6.45) is 7.33. The van der Waals surface area contributed by atoms with Crippen molar-refractivity contribution in [3.05, 3.63) is 84.7 Å². The first kappa shape index (κ1) is 32.6. The van der Waals surface area contributed by atoms with Crippen LogP contribution in [0, 0.1) is 5.92 Å². The summed E-state index contributed by atoms with van der Waals surface area (Å²) in [5, 5.41) is 2.30. The normalized spacial score (nSPS) is 18.8. The number of methoxy groups -OCH3 is 1. The highest BCUT2D eigenvalue weighted by Gasteiger charge is 2.39. The maximum absolute atomic E-state index is 13.8. The summed E-state index contributed by atoms with van der Waals surface area (Å²) in [5.74, 6) is 1.67. The van der Waals surface area contributed by atoms with Crippen molar-refractivity contribution < 1.29 is 14.3 Å². The van der Waals surface area contributed by atoms with Crippen molar-refractivity contribution in [1.82, 2.24) is 34.6 Å². The number of imidazole rings is 2. The van der Waals surface area contributed by atoms with Gasteiger partial charge in [-0.3, -0.25) is 14.6 Å². The van der Waals surface area contributed by atoms with Crippen molar-refractivity contribution in [3.63, 3.8) is 0 Å². The maximum Gasteiger partial charge on any atom is 0.409 e. The number of amides is 2. The van der Waals surface area contributed by atoms with Crippen LogP contribution in [0.25, 0.3) is 44.4 Å². The van der Waals surface area contributed by atoms with Crippen molar-refractivity contribution in [2.24, 2.45) is 5.92 Å². The number of nitrogens with zero attached hydrogens (tertiary/aromatic N) is 5. The van der Waals surface area contributed by atoms with E-state index in [2.05, 4.69) is 82.6 Å². The molecule has 2 saturated heterocycles. The van der Waals surface area contributed by atoms with E-state index in [1.165, 1.54) is 18.4 Å². The molecule has 10 heteroatoms. The number of benzene rings is 3. The number of likely N-dealkylation sites (tertiary alicyclic amines) is 2. The molecule has 2 aliphatic rings. The molecule has 7 rings (SSSR count). The number of aromatic nitrogens is 4. The Morgan fingerprint density at radius 3 is 1.98 bits per heavy atom. The molecule has 2 aromatic heterocycles. The Morgan fingerprint density at radius 2 is 1.35 bits per heavy atom. The molecular formula is C39H45N7O3. The molecule has 0 spiro atoms. The van der Waals surface area contributed by atoms with Gasteiger partial charge in [-0.05, 0) is 84.8 Å². The molecule has 0 saturated carbocycles. The second-order valence-corrected chi connectivity index (χ2v) is 13.8. The van der Waals surface area contributed by atoms with Gasteiger partial charge in [0.1, 0.15) is 17.7 Å². The van der Waals surface area contributed by atoms with Gasteiger partial charge in [0.05, 0.1) is 43.0 Å². The minimum Gasteiger partial charge on any atom is -0.453 e. The average Bonchev–Trinajstić information content (AvgIpc) is 3.94. The molecule has 2 N–H and O–H groups in total. The molecule has 5 aromatic rings. The fourth-order valence-corrected chi connectivity index (χ4v) is 7.64. The molecule has 2 fully saturated rings. The lowest BCUT2D eigenvalue weighted by Crippen LogP contribution is -2.51. The van der Waals surface area contributed by atoms with Crippen LogP contribution in [-0.2, 0) is 9.53 Å². The van der Waals surface area contributed by atoms with E-state index >= 15 is 0 Å². The number of hydrogen-bond acceptors (Lipinski definition) is 6. The molecule has 254 valence electrons. The molecule has 10 nitrogen and oxygen atoms in total. The van der Waals surface area contributed by atoms with Gasteiger partial charge in [-0.15, -0.1) is 0 Å². The fraction of sp³-hybridized carbons (Fsp3) is 0.385. The van der Waals surface area contributed by atoms with E-state index in [1.807, 2.05) is 31.1 Å². The van der Waals surface area contributed by atoms with Crippen molar-refractivity contribution in [3.8, 4) is 33.6 Å². The van der Waals surface area contributed by atoms with Crippen LogP contribution in [0.2, 0.25) is 0 Å². The van der Waals surface area contributed by atoms with E-state index in [0.717, 1.165) is 81.9 Å². The second-order valence-electron chi connectivity index (χ2n) is 13.8. The Kier molecular flexibility index (Phi) is 8.98. The summed E-state index contributed by atoms with van der Waals surface area (Å²) >= 11 is 0. The van der Waals surface area contributed by atoms with Crippen LogP contribution < -0.4 is 0 Å². The topological polar surface area (TPSA) is 110 Å². The number of aromatic amines is 2. The summed E-state index contributed by atoms with van der Waals surface area (Å²) in [4.78, 5) is 48.2. The molecule has 0 unspecified atom stereocenters. The number of ether oxygens (including phenoxy) is 1. The monoisotopic (exact) mass is 659 g/mol. The molecule has 4 heterocycles. The first-order valence-corrected chi connectivity index (χ1v) is 17.3. The van der Waals surface area contributed by atoms with Crippen LogP contribution in [0.3, 0.4) is 0 Å². The average molecular weight is 660 g/mol. The van der Waals surface area contributed by atoms with E-state index in [0.29, 0.717) is 12.6 Å². The van der Waals surface area contributed by atoms with Crippen molar-refractivity contribution >= 4 is 22.8 Å². The van der Waals surface area contributed by atoms with E-state index in [9.17, 15) is 9.59 Å². The number of fused-ring (bicyclic) bond motifs is 1. The quantitative estimate of drug-likeness (QED) is 0.179. The van der Waals surface area contributed by atoms with Gasteiger partial charge in [0, 0.05) is 19.2 Å². The predicted molar refractivity (Wildman–Crippen MR) is 192 cm³/mol. The number of carbonyl (C=O) groups is 2. The molecule has 3 atom stereocenters. The Morgan fingerprint density at radius 1 is 0.796 bits per heavy atom. The third-order valence-electron chi connectivity index (χ3n) is 10.3. The summed E-state index contributed by atoms with van der Waals surface area (Å²) in [5.41, 5.74) is 6.45. The van der Waals surface area contributed by atoms with E-state index in [1.54, 1.807) is 7.05 Å². The molecule has 0 radical (unpaired) electrons. The van der Waals surface area contributed by atoms with Gasteiger partial charge in [-0.25, -0.2) is 14.8 Å². The lowest BCUT2D eigenvalue weighted by atomic mass is 9.98. The molecule has 0 aliphatic carbocycles. The SMILES string of the molecule is COC(=O)N(C)[C@H](C(=O)N1CCC[C@H]1c1ncc(-c2ccc3cc(-c4ccc(-c5cnc([C@@H]6CCCN6C)[nH]5)cc4)ccc3c2)[nH]1)C(C)C. The third-order valence-corrected chi connectivity index (χ3v) is 10.3. The predicted octanol–water partition coefficient (Wildman–Crippen LogP) is 7.44. The highest BCUT2D eigenvalue weighted by atomic mass is 16.5. The largest absolute Gasteiger partial charge is 0.453 e. The van der Waals surface area contributed by atoms with Crippen LogP contribution in [-0.4, -0.2) is 87.0 Å². The van der Waals surface area contributed by atoms with Gasteiger partial charge < -0.3 is 19.6 Å². The molecule has 49 heavy (non-hydrogen) atoms. The zero-order valence-electron chi connectivity index (χ0n) is 28.9. The first-order chi connectivity index (χ1) is 23.7. The number of rotatable bonds is 8. The zero-order valence-corrected chi connectivity index (χ0v) is 28.9. The van der Waals surface area contributed by atoms with Crippen molar-refractivity contribution in [2.45, 2.75) is 57.7 Å². The fourth-order valence-electron chi connectivity index (χ4n) is 7.64. The highest BCUT2D eigenvalue weighted by molar-refractivity contribution is 5.91. The minimum absolute atomic E-state index is 0.0679. The summed E-state index contributed by atoms with van der Waals surface area (Å²) in [6.45, 7) is 5.64. The Bertz CT molecular complexity index is 1960. The maximum atomic E-state index is 13.8. The van der Waals surface area contributed by atoms with Crippen LogP contribution in [0.15, 0.2) is 73.1 Å². The number of likely N-dealkylation sites (N-methyl/N-ethyl adjacent to an activating group) is 1. The lowest BCUT2D eigenvalue weighted by Gasteiger charge is -2.34. The van der Waals surface area contributed by atoms with Gasteiger partial charge in [-0.1, -0.05) is 62.4 Å². The van der Waals surface area contributed by atoms with Gasteiger partial charge in [-0.2, -0.15) is 0 Å². The zero-order chi connectivity index (χ0) is 34.2. The van der Waals surface area contributed by atoms with Crippen LogP contribution in [0.4, 0.5) is 4.79 Å². The summed E-state index contributed by atoms with van der Waals surface area (Å²) in [6, 6.07) is 21.3. The minimum atomic E-state index is -0.612. The lowest BCUT2D eigenvalue weighted by molar-refractivity contribution is -0.138. The van der Waals surface area contributed by atoms with Crippen LogP contribution in [0.1, 0.15) is 63.3 Å². The molecule has 3 aromatic carbocycles. The van der Waals surface area contributed by atoms with E-state index in [-0.39, 0.29) is 17.9 Å². The van der Waals surface area contributed by atoms with Gasteiger partial charge in [0.15, 0.2) is 0 Å². The molecule has 2 aliphatic heterocycles. The second kappa shape index (κ2) is 13.5. The van der Waals surface area contributed by atoms with Gasteiger partial charge in [0.2, 0.25) is 5.91 Å². The number of hydrogen-bond donors (Lipinski definition) is 2. The van der Waals surface area contributed by atoms with Crippen LogP contribution >= 0.6 is 0 Å². The highest BCUT2D eigenvalue weighted by Crippen LogP contribution is 2.35. The van der Waals surface area contributed by atoms with E-state index < -0.39 is 12.1 Å². The number of H-pyrrole nitrogens is 2. The standard InChI is InChI=1S/C39H45N7O3/c1-24(2)35(45(4)39(48)49-5)38(47)46-19-7-9-34(46)37-41-23-32(43-37)30-17-16-28-20-27(14-15-29(28)21-30)25-10-12-26(13-11-25)31-22-40-36(42-31)33-8-6-18-44(33)3/h10-17,20-24,33-35H,6-9,18-19H2,1-5H3,(H,40,42)(H,41,43)/t33-,34-,35-/m0/s1.